The lowest BCUT2D eigenvalue weighted by atomic mass is 9.84. The van der Waals surface area contributed by atoms with Crippen LogP contribution < -0.4 is 5.32 Å². The fourth-order valence-electron chi connectivity index (χ4n) is 3.46. The molecule has 0 aliphatic heterocycles. The standard InChI is InChI=1S/C24H23FN4O/c1-24(2,17-8-10-18(25)11-9-17)15-26-23(30)20-12-22(16-13-27-29(3)14-16)28-21-7-5-4-6-19(20)21/h4-14H,15H2,1-3H3,(H,26,30). The zero-order valence-electron chi connectivity index (χ0n) is 17.2. The van der Waals surface area contributed by atoms with Crippen molar-refractivity contribution in [3.8, 4) is 11.3 Å². The fourth-order valence-corrected chi connectivity index (χ4v) is 3.46. The Morgan fingerprint density at radius 1 is 1.13 bits per heavy atom. The third-order valence-corrected chi connectivity index (χ3v) is 5.28. The van der Waals surface area contributed by atoms with Gasteiger partial charge in [-0.05, 0) is 29.8 Å². The number of carbonyl (C=O) groups is 1. The maximum atomic E-state index is 13.3. The Labute approximate surface area is 174 Å². The topological polar surface area (TPSA) is 59.8 Å². The van der Waals surface area contributed by atoms with E-state index >= 15 is 0 Å². The van der Waals surface area contributed by atoms with Gasteiger partial charge in [-0.2, -0.15) is 5.10 Å². The van der Waals surface area contributed by atoms with E-state index in [0.29, 0.717) is 17.8 Å². The van der Waals surface area contributed by atoms with Gasteiger partial charge in [-0.3, -0.25) is 9.48 Å². The molecule has 0 fully saturated rings. The quantitative estimate of drug-likeness (QED) is 0.535. The third kappa shape index (κ3) is 3.94. The van der Waals surface area contributed by atoms with Gasteiger partial charge in [-0.25, -0.2) is 9.37 Å². The van der Waals surface area contributed by atoms with Gasteiger partial charge >= 0.3 is 0 Å². The minimum atomic E-state index is -0.349. The largest absolute Gasteiger partial charge is 0.351 e. The number of benzene rings is 2. The van der Waals surface area contributed by atoms with Gasteiger partial charge in [0.1, 0.15) is 5.82 Å². The molecule has 1 amide bonds. The summed E-state index contributed by atoms with van der Waals surface area (Å²) >= 11 is 0. The van der Waals surface area contributed by atoms with E-state index in [9.17, 15) is 9.18 Å². The minimum absolute atomic E-state index is 0.172. The van der Waals surface area contributed by atoms with E-state index in [-0.39, 0.29) is 17.1 Å². The van der Waals surface area contributed by atoms with Gasteiger partial charge in [0.05, 0.1) is 23.0 Å². The number of hydrogen-bond donors (Lipinski definition) is 1. The summed E-state index contributed by atoms with van der Waals surface area (Å²) in [5.41, 5.74) is 3.47. The molecular formula is C24H23FN4O. The van der Waals surface area contributed by atoms with Crippen molar-refractivity contribution in [1.29, 1.82) is 0 Å². The third-order valence-electron chi connectivity index (χ3n) is 5.28. The first-order chi connectivity index (χ1) is 14.3. The van der Waals surface area contributed by atoms with Crippen LogP contribution in [-0.2, 0) is 12.5 Å². The molecule has 0 unspecified atom stereocenters. The summed E-state index contributed by atoms with van der Waals surface area (Å²) in [6.45, 7) is 4.45. The highest BCUT2D eigenvalue weighted by Crippen LogP contribution is 2.26. The van der Waals surface area contributed by atoms with Crippen molar-refractivity contribution in [2.24, 2.45) is 7.05 Å². The molecule has 0 saturated carbocycles. The van der Waals surface area contributed by atoms with E-state index < -0.39 is 0 Å². The second kappa shape index (κ2) is 7.71. The Kier molecular flexibility index (Phi) is 5.08. The van der Waals surface area contributed by atoms with E-state index in [1.807, 2.05) is 51.4 Å². The number of hydrogen-bond acceptors (Lipinski definition) is 3. The summed E-state index contributed by atoms with van der Waals surface area (Å²) in [4.78, 5) is 17.9. The lowest BCUT2D eigenvalue weighted by Crippen LogP contribution is -2.36. The van der Waals surface area contributed by atoms with Crippen LogP contribution in [0.1, 0.15) is 29.8 Å². The molecule has 0 aliphatic carbocycles. The van der Waals surface area contributed by atoms with Gasteiger partial charge in [0, 0.05) is 36.2 Å². The number of amides is 1. The summed E-state index contributed by atoms with van der Waals surface area (Å²) in [7, 11) is 1.84. The molecule has 2 aromatic heterocycles. The second-order valence-corrected chi connectivity index (χ2v) is 8.05. The number of fused-ring (bicyclic) bond motifs is 1. The van der Waals surface area contributed by atoms with Gasteiger partial charge in [-0.15, -0.1) is 0 Å². The Hall–Kier alpha value is -3.54. The highest BCUT2D eigenvalue weighted by atomic mass is 19.1. The van der Waals surface area contributed by atoms with E-state index in [2.05, 4.69) is 10.4 Å². The van der Waals surface area contributed by atoms with E-state index in [0.717, 1.165) is 22.0 Å². The van der Waals surface area contributed by atoms with Crippen LogP contribution in [0, 0.1) is 5.82 Å². The average molecular weight is 402 g/mol. The molecule has 4 aromatic rings. The van der Waals surface area contributed by atoms with Crippen molar-refractivity contribution in [1.82, 2.24) is 20.1 Å². The zero-order chi connectivity index (χ0) is 21.3. The second-order valence-electron chi connectivity index (χ2n) is 8.05. The van der Waals surface area contributed by atoms with Crippen LogP contribution in [0.15, 0.2) is 67.0 Å². The van der Waals surface area contributed by atoms with E-state index in [1.54, 1.807) is 29.1 Å². The minimum Gasteiger partial charge on any atom is -0.351 e. The number of pyridine rings is 1. The normalized spacial score (nSPS) is 11.6. The van der Waals surface area contributed by atoms with Gasteiger partial charge in [0.25, 0.3) is 5.91 Å². The lowest BCUT2D eigenvalue weighted by molar-refractivity contribution is 0.0947. The summed E-state index contributed by atoms with van der Waals surface area (Å²) in [5, 5.41) is 8.05. The molecule has 2 aromatic carbocycles. The number of aromatic nitrogens is 3. The van der Waals surface area contributed by atoms with Crippen molar-refractivity contribution in [2.75, 3.05) is 6.54 Å². The number of nitrogens with one attached hydrogen (secondary N) is 1. The monoisotopic (exact) mass is 402 g/mol. The molecule has 2 heterocycles. The Morgan fingerprint density at radius 2 is 1.87 bits per heavy atom. The molecule has 0 aliphatic rings. The Bertz CT molecular complexity index is 1210. The number of carbonyl (C=O) groups excluding carboxylic acids is 1. The first-order valence-electron chi connectivity index (χ1n) is 9.76. The van der Waals surface area contributed by atoms with Crippen LogP contribution in [0.5, 0.6) is 0 Å². The molecule has 1 N–H and O–H groups in total. The smallest absolute Gasteiger partial charge is 0.252 e. The maximum absolute atomic E-state index is 13.3. The number of para-hydroxylation sites is 1. The van der Waals surface area contributed by atoms with Crippen LogP contribution in [0.3, 0.4) is 0 Å². The molecule has 4 rings (SSSR count). The Balaban J connectivity index is 1.64. The van der Waals surface area contributed by atoms with Gasteiger partial charge in [0.2, 0.25) is 0 Å². The molecule has 0 bridgehead atoms. The molecule has 6 heteroatoms. The van der Waals surface area contributed by atoms with Crippen LogP contribution >= 0.6 is 0 Å². The first kappa shape index (κ1) is 19.8. The van der Waals surface area contributed by atoms with Crippen LogP contribution in [0.25, 0.3) is 22.2 Å². The number of aryl methyl sites for hydroxylation is 1. The molecular weight excluding hydrogens is 379 g/mol. The summed E-state index contributed by atoms with van der Waals surface area (Å²) in [5.74, 6) is -0.446. The highest BCUT2D eigenvalue weighted by Gasteiger charge is 2.23. The van der Waals surface area contributed by atoms with Crippen molar-refractivity contribution in [2.45, 2.75) is 19.3 Å². The summed E-state index contributed by atoms with van der Waals surface area (Å²) in [6, 6.07) is 15.8. The van der Waals surface area contributed by atoms with Gasteiger partial charge < -0.3 is 5.32 Å². The van der Waals surface area contributed by atoms with Crippen LogP contribution in [0.2, 0.25) is 0 Å². The van der Waals surface area contributed by atoms with Crippen LogP contribution in [-0.4, -0.2) is 27.2 Å². The first-order valence-corrected chi connectivity index (χ1v) is 9.76. The van der Waals surface area contributed by atoms with Gasteiger partial charge in [-0.1, -0.05) is 44.2 Å². The van der Waals surface area contributed by atoms with Crippen LogP contribution in [0.4, 0.5) is 4.39 Å². The molecule has 5 nitrogen and oxygen atoms in total. The predicted molar refractivity (Wildman–Crippen MR) is 116 cm³/mol. The van der Waals surface area contributed by atoms with E-state index in [4.69, 9.17) is 4.98 Å². The summed E-state index contributed by atoms with van der Waals surface area (Å²) in [6.07, 6.45) is 3.60. The molecule has 152 valence electrons. The molecule has 0 atom stereocenters. The molecule has 0 spiro atoms. The maximum Gasteiger partial charge on any atom is 0.252 e. The lowest BCUT2D eigenvalue weighted by Gasteiger charge is -2.26. The number of halogens is 1. The van der Waals surface area contributed by atoms with Crippen molar-refractivity contribution < 1.29 is 9.18 Å². The zero-order valence-corrected chi connectivity index (χ0v) is 17.2. The van der Waals surface area contributed by atoms with Crippen molar-refractivity contribution in [3.63, 3.8) is 0 Å². The van der Waals surface area contributed by atoms with Gasteiger partial charge in [0.15, 0.2) is 0 Å². The average Bonchev–Trinajstić information content (AvgIpc) is 3.18. The fraction of sp³-hybridized carbons (Fsp3) is 0.208. The SMILES string of the molecule is Cn1cc(-c2cc(C(=O)NCC(C)(C)c3ccc(F)cc3)c3ccccc3n2)cn1. The Morgan fingerprint density at radius 3 is 2.57 bits per heavy atom. The summed E-state index contributed by atoms with van der Waals surface area (Å²) < 4.78 is 15.0. The molecule has 30 heavy (non-hydrogen) atoms. The van der Waals surface area contributed by atoms with E-state index in [1.165, 1.54) is 12.1 Å². The van der Waals surface area contributed by atoms with Crippen molar-refractivity contribution in [3.05, 3.63) is 83.9 Å². The molecule has 0 radical (unpaired) electrons. The molecule has 0 saturated heterocycles. The number of rotatable bonds is 5. The van der Waals surface area contributed by atoms with Crippen molar-refractivity contribution >= 4 is 16.8 Å². The predicted octanol–water partition coefficient (Wildman–Crippen LogP) is 4.48. The highest BCUT2D eigenvalue weighted by molar-refractivity contribution is 6.07. The number of nitrogens with zero attached hydrogens (tertiary/aromatic N) is 3.